The Balaban J connectivity index is 2.27. The predicted octanol–water partition coefficient (Wildman–Crippen LogP) is 1.24. The van der Waals surface area contributed by atoms with Crippen LogP contribution in [0.5, 0.6) is 0 Å². The highest BCUT2D eigenvalue weighted by atomic mass is 32.2. The number of benzene rings is 1. The Hall–Kier alpha value is -2.15. The van der Waals surface area contributed by atoms with E-state index in [9.17, 15) is 13.2 Å². The molecule has 7 heteroatoms. The molecule has 6 nitrogen and oxygen atoms in total. The Bertz CT molecular complexity index is 767. The zero-order valence-electron chi connectivity index (χ0n) is 12.8. The van der Waals surface area contributed by atoms with Crippen molar-refractivity contribution in [3.05, 3.63) is 53.3 Å². The largest absolute Gasteiger partial charge is 0.344 e. The highest BCUT2D eigenvalue weighted by Gasteiger charge is 2.22. The highest BCUT2D eigenvalue weighted by molar-refractivity contribution is 7.90. The van der Waals surface area contributed by atoms with Gasteiger partial charge in [-0.15, -0.1) is 0 Å². The van der Waals surface area contributed by atoms with Crippen LogP contribution in [0.1, 0.15) is 27.7 Å². The molecule has 1 heterocycles. The van der Waals surface area contributed by atoms with Gasteiger partial charge in [-0.25, -0.2) is 8.42 Å². The van der Waals surface area contributed by atoms with Crippen LogP contribution in [0.15, 0.2) is 36.5 Å². The van der Waals surface area contributed by atoms with E-state index in [-0.39, 0.29) is 11.7 Å². The molecule has 0 fully saturated rings. The van der Waals surface area contributed by atoms with Crippen molar-refractivity contribution in [2.75, 3.05) is 12.0 Å². The van der Waals surface area contributed by atoms with Gasteiger partial charge in [0.25, 0.3) is 5.91 Å². The van der Waals surface area contributed by atoms with E-state index in [1.54, 1.807) is 37.0 Å². The molecule has 1 aromatic heterocycles. The molecule has 1 amide bonds. The number of hydrogen-bond donors (Lipinski definition) is 1. The summed E-state index contributed by atoms with van der Waals surface area (Å²) in [5, 5.41) is 6.91. The zero-order chi connectivity index (χ0) is 16.3. The van der Waals surface area contributed by atoms with Gasteiger partial charge in [-0.2, -0.15) is 5.10 Å². The number of amides is 1. The lowest BCUT2D eigenvalue weighted by atomic mass is 10.1. The third-order valence-corrected chi connectivity index (χ3v) is 4.17. The minimum absolute atomic E-state index is 0.151. The van der Waals surface area contributed by atoms with Gasteiger partial charge in [0.15, 0.2) is 0 Å². The summed E-state index contributed by atoms with van der Waals surface area (Å²) in [6, 6.07) is 8.47. The number of hydrogen-bond acceptors (Lipinski definition) is 4. The van der Waals surface area contributed by atoms with Crippen LogP contribution in [-0.4, -0.2) is 36.1 Å². The first kappa shape index (κ1) is 16.2. The van der Waals surface area contributed by atoms with Crippen molar-refractivity contribution >= 4 is 15.7 Å². The van der Waals surface area contributed by atoms with Gasteiger partial charge in [-0.3, -0.25) is 9.48 Å². The molecular weight excluding hydrogens is 302 g/mol. The maximum atomic E-state index is 12.4. The molecular formula is C15H19N3O3S. The number of nitrogens with one attached hydrogen (secondary N) is 1. The summed E-state index contributed by atoms with van der Waals surface area (Å²) >= 11 is 0. The standard InChI is InChI=1S/C15H19N3O3S/c1-11-13(9-18(2)17-11)15(19)16-14(10-22(3,20)21)12-7-5-4-6-8-12/h4-9,14H,10H2,1-3H3,(H,16,19). The number of aryl methyl sites for hydroxylation is 2. The van der Waals surface area contributed by atoms with E-state index in [4.69, 9.17) is 0 Å². The molecule has 22 heavy (non-hydrogen) atoms. The molecule has 118 valence electrons. The first-order chi connectivity index (χ1) is 10.3. The van der Waals surface area contributed by atoms with Crippen LogP contribution >= 0.6 is 0 Å². The fraction of sp³-hybridized carbons (Fsp3) is 0.333. The van der Waals surface area contributed by atoms with Crippen LogP contribution in [0.3, 0.4) is 0 Å². The smallest absolute Gasteiger partial charge is 0.255 e. The van der Waals surface area contributed by atoms with Crippen LogP contribution in [0.2, 0.25) is 0 Å². The quantitative estimate of drug-likeness (QED) is 0.898. The molecule has 0 aliphatic heterocycles. The molecule has 0 saturated heterocycles. The summed E-state index contributed by atoms with van der Waals surface area (Å²) in [7, 11) is -1.51. The Morgan fingerprint density at radius 3 is 2.45 bits per heavy atom. The van der Waals surface area contributed by atoms with Crippen LogP contribution in [0.25, 0.3) is 0 Å². The minimum atomic E-state index is -3.24. The summed E-state index contributed by atoms with van der Waals surface area (Å²) < 4.78 is 24.8. The Morgan fingerprint density at radius 2 is 1.95 bits per heavy atom. The van der Waals surface area contributed by atoms with Gasteiger partial charge >= 0.3 is 0 Å². The van der Waals surface area contributed by atoms with Crippen LogP contribution in [0, 0.1) is 6.92 Å². The molecule has 1 unspecified atom stereocenters. The molecule has 0 bridgehead atoms. The van der Waals surface area contributed by atoms with E-state index in [1.807, 2.05) is 18.2 Å². The predicted molar refractivity (Wildman–Crippen MR) is 84.3 cm³/mol. The SMILES string of the molecule is Cc1nn(C)cc1C(=O)NC(CS(C)(=O)=O)c1ccccc1. The van der Waals surface area contributed by atoms with Crippen molar-refractivity contribution < 1.29 is 13.2 Å². The van der Waals surface area contributed by atoms with E-state index in [0.717, 1.165) is 11.8 Å². The lowest BCUT2D eigenvalue weighted by Gasteiger charge is -2.18. The van der Waals surface area contributed by atoms with Crippen molar-refractivity contribution in [2.45, 2.75) is 13.0 Å². The average molecular weight is 321 g/mol. The lowest BCUT2D eigenvalue weighted by molar-refractivity contribution is 0.0940. The van der Waals surface area contributed by atoms with Gasteiger partial charge in [0.05, 0.1) is 23.1 Å². The number of carbonyl (C=O) groups excluding carboxylic acids is 1. The van der Waals surface area contributed by atoms with Crippen molar-refractivity contribution in [1.29, 1.82) is 0 Å². The van der Waals surface area contributed by atoms with Gasteiger partial charge in [-0.05, 0) is 12.5 Å². The summed E-state index contributed by atoms with van der Waals surface area (Å²) in [6.07, 6.45) is 2.78. The number of aromatic nitrogens is 2. The first-order valence-electron chi connectivity index (χ1n) is 6.80. The first-order valence-corrected chi connectivity index (χ1v) is 8.86. The minimum Gasteiger partial charge on any atom is -0.344 e. The summed E-state index contributed by atoms with van der Waals surface area (Å²) in [5.74, 6) is -0.481. The van der Waals surface area contributed by atoms with Gasteiger partial charge < -0.3 is 5.32 Å². The number of sulfone groups is 1. The Kier molecular flexibility index (Phi) is 4.65. The molecule has 2 aromatic rings. The molecule has 0 radical (unpaired) electrons. The monoisotopic (exact) mass is 321 g/mol. The number of nitrogens with zero attached hydrogens (tertiary/aromatic N) is 2. The maximum Gasteiger partial charge on any atom is 0.255 e. The number of carbonyl (C=O) groups is 1. The third-order valence-electron chi connectivity index (χ3n) is 3.23. The molecule has 0 aliphatic carbocycles. The van der Waals surface area contributed by atoms with Gasteiger partial charge in [0, 0.05) is 19.5 Å². The second kappa shape index (κ2) is 6.31. The van der Waals surface area contributed by atoms with Crippen LogP contribution in [-0.2, 0) is 16.9 Å². The summed E-state index contributed by atoms with van der Waals surface area (Å²) in [5.41, 5.74) is 1.80. The molecule has 0 aliphatic rings. The molecule has 0 spiro atoms. The van der Waals surface area contributed by atoms with E-state index < -0.39 is 15.9 Å². The fourth-order valence-electron chi connectivity index (χ4n) is 2.27. The number of rotatable bonds is 5. The Morgan fingerprint density at radius 1 is 1.32 bits per heavy atom. The van der Waals surface area contributed by atoms with E-state index >= 15 is 0 Å². The lowest BCUT2D eigenvalue weighted by Crippen LogP contribution is -2.33. The van der Waals surface area contributed by atoms with Crippen molar-refractivity contribution in [3.63, 3.8) is 0 Å². The molecule has 0 saturated carbocycles. The zero-order valence-corrected chi connectivity index (χ0v) is 13.6. The van der Waals surface area contributed by atoms with Crippen LogP contribution < -0.4 is 5.32 Å². The fourth-order valence-corrected chi connectivity index (χ4v) is 3.15. The molecule has 1 aromatic carbocycles. The molecule has 2 rings (SSSR count). The maximum absolute atomic E-state index is 12.4. The topological polar surface area (TPSA) is 81.1 Å². The van der Waals surface area contributed by atoms with E-state index in [0.29, 0.717) is 11.3 Å². The molecule has 1 N–H and O–H groups in total. The van der Waals surface area contributed by atoms with Crippen molar-refractivity contribution in [2.24, 2.45) is 7.05 Å². The second-order valence-electron chi connectivity index (χ2n) is 5.33. The average Bonchev–Trinajstić information content (AvgIpc) is 2.76. The van der Waals surface area contributed by atoms with E-state index in [1.165, 1.54) is 0 Å². The van der Waals surface area contributed by atoms with Gasteiger partial charge in [0.2, 0.25) is 0 Å². The van der Waals surface area contributed by atoms with E-state index in [2.05, 4.69) is 10.4 Å². The van der Waals surface area contributed by atoms with Crippen molar-refractivity contribution in [1.82, 2.24) is 15.1 Å². The highest BCUT2D eigenvalue weighted by Crippen LogP contribution is 2.16. The second-order valence-corrected chi connectivity index (χ2v) is 7.52. The van der Waals surface area contributed by atoms with Gasteiger partial charge in [-0.1, -0.05) is 30.3 Å². The summed E-state index contributed by atoms with van der Waals surface area (Å²) in [4.78, 5) is 12.4. The van der Waals surface area contributed by atoms with Gasteiger partial charge in [0.1, 0.15) is 9.84 Å². The van der Waals surface area contributed by atoms with Crippen molar-refractivity contribution in [3.8, 4) is 0 Å². The normalized spacial score (nSPS) is 12.9. The molecule has 1 atom stereocenters. The van der Waals surface area contributed by atoms with Crippen LogP contribution in [0.4, 0.5) is 0 Å². The third kappa shape index (κ3) is 4.17. The Labute approximate surface area is 130 Å². The summed E-state index contributed by atoms with van der Waals surface area (Å²) in [6.45, 7) is 1.74.